The van der Waals surface area contributed by atoms with Gasteiger partial charge in [-0.3, -0.25) is 20.0 Å². The van der Waals surface area contributed by atoms with Crippen molar-refractivity contribution in [3.63, 3.8) is 0 Å². The van der Waals surface area contributed by atoms with Crippen LogP contribution in [0.15, 0.2) is 68.1 Å². The lowest BCUT2D eigenvalue weighted by atomic mass is 10.0. The van der Waals surface area contributed by atoms with Crippen molar-refractivity contribution < 1.29 is 8.78 Å². The summed E-state index contributed by atoms with van der Waals surface area (Å²) in [5.74, 6) is -2.61. The van der Waals surface area contributed by atoms with E-state index in [0.717, 1.165) is 63.9 Å². The summed E-state index contributed by atoms with van der Waals surface area (Å²) in [5.41, 5.74) is 7.41. The molecule has 41 heavy (non-hydrogen) atoms. The number of halogens is 2. The number of aromatic amines is 1. The van der Waals surface area contributed by atoms with Gasteiger partial charge in [-0.05, 0) is 54.3 Å². The van der Waals surface area contributed by atoms with E-state index in [9.17, 15) is 8.78 Å². The molecule has 0 bridgehead atoms. The van der Waals surface area contributed by atoms with Crippen LogP contribution in [0.2, 0.25) is 0 Å². The monoisotopic (exact) mass is 557 g/mol. The molecule has 0 radical (unpaired) electrons. The zero-order valence-electron chi connectivity index (χ0n) is 23.7. The molecule has 0 spiro atoms. The molecule has 0 amide bonds. The summed E-state index contributed by atoms with van der Waals surface area (Å²) in [6.45, 7) is 13.4. The van der Waals surface area contributed by atoms with Crippen molar-refractivity contribution in [2.24, 2.45) is 0 Å². The largest absolute Gasteiger partial charge is 0.381 e. The predicted octanol–water partition coefficient (Wildman–Crippen LogP) is 7.08. The molecule has 7 nitrogen and oxygen atoms in total. The van der Waals surface area contributed by atoms with Gasteiger partial charge in [-0.1, -0.05) is 39.5 Å². The van der Waals surface area contributed by atoms with E-state index >= 15 is 0 Å². The van der Waals surface area contributed by atoms with Crippen molar-refractivity contribution in [1.82, 2.24) is 30.4 Å². The summed E-state index contributed by atoms with van der Waals surface area (Å²) in [5, 5.41) is 15.3. The van der Waals surface area contributed by atoms with Crippen LogP contribution in [0.1, 0.15) is 56.5 Å². The van der Waals surface area contributed by atoms with Crippen molar-refractivity contribution in [3.05, 3.63) is 85.1 Å². The third kappa shape index (κ3) is 6.79. The van der Waals surface area contributed by atoms with Gasteiger partial charge in [-0.2, -0.15) is 5.10 Å². The third-order valence-electron chi connectivity index (χ3n) is 7.51. The fraction of sp³-hybridized carbons (Fsp3) is 0.344. The molecule has 1 aliphatic heterocycles. The average molecular weight is 558 g/mol. The van der Waals surface area contributed by atoms with Gasteiger partial charge in [0.2, 0.25) is 0 Å². The number of hydrogen-bond donors (Lipinski definition) is 3. The maximum Gasteiger partial charge on any atom is 0.261 e. The summed E-state index contributed by atoms with van der Waals surface area (Å²) >= 11 is 0. The van der Waals surface area contributed by atoms with Gasteiger partial charge in [0.25, 0.3) is 5.92 Å². The normalized spacial score (nSPS) is 15.6. The van der Waals surface area contributed by atoms with Gasteiger partial charge in [0.05, 0.1) is 41.0 Å². The Morgan fingerprint density at radius 2 is 1.93 bits per heavy atom. The molecule has 3 aromatic heterocycles. The quantitative estimate of drug-likeness (QED) is 0.173. The predicted molar refractivity (Wildman–Crippen MR) is 162 cm³/mol. The molecule has 4 heterocycles. The number of benzene rings is 1. The standard InChI is InChI=1S/C32H37F2N7/c1-5-7-26(6-2)37-21(3)29-11-9-27(18-36-29)38-22(4)31-28-15-24(8-10-30(28)39-40-31)25-14-23(16-35-17-25)19-41-13-12-32(33,34)20-41/h8-11,14-18,26,37-38H,3-7,12-13,19-20H2,1-2H3,(H,39,40). The maximum atomic E-state index is 13.6. The summed E-state index contributed by atoms with van der Waals surface area (Å²) in [6.07, 6.45) is 8.45. The van der Waals surface area contributed by atoms with E-state index < -0.39 is 5.92 Å². The fourth-order valence-electron chi connectivity index (χ4n) is 5.28. The van der Waals surface area contributed by atoms with Gasteiger partial charge < -0.3 is 10.6 Å². The second-order valence-electron chi connectivity index (χ2n) is 10.8. The van der Waals surface area contributed by atoms with E-state index in [1.807, 2.05) is 36.4 Å². The van der Waals surface area contributed by atoms with E-state index in [1.54, 1.807) is 23.5 Å². The lowest BCUT2D eigenvalue weighted by Gasteiger charge is -2.19. The number of anilines is 1. The molecule has 1 atom stereocenters. The smallest absolute Gasteiger partial charge is 0.261 e. The highest BCUT2D eigenvalue weighted by Crippen LogP contribution is 2.31. The van der Waals surface area contributed by atoms with Crippen molar-refractivity contribution in [2.75, 3.05) is 18.4 Å². The Labute approximate surface area is 239 Å². The first-order chi connectivity index (χ1) is 19.7. The molecule has 9 heteroatoms. The topological polar surface area (TPSA) is 81.8 Å². The minimum Gasteiger partial charge on any atom is -0.381 e. The third-order valence-corrected chi connectivity index (χ3v) is 7.51. The number of nitrogens with zero attached hydrogens (tertiary/aromatic N) is 4. The van der Waals surface area contributed by atoms with Crippen molar-refractivity contribution in [1.29, 1.82) is 0 Å². The van der Waals surface area contributed by atoms with Crippen LogP contribution in [0.25, 0.3) is 33.4 Å². The molecule has 1 fully saturated rings. The number of nitrogens with one attached hydrogen (secondary N) is 3. The molecule has 0 saturated carbocycles. The van der Waals surface area contributed by atoms with E-state index in [4.69, 9.17) is 0 Å². The van der Waals surface area contributed by atoms with Gasteiger partial charge in [-0.25, -0.2) is 8.78 Å². The van der Waals surface area contributed by atoms with Crippen molar-refractivity contribution in [3.8, 4) is 11.1 Å². The van der Waals surface area contributed by atoms with Gasteiger partial charge in [0, 0.05) is 48.9 Å². The van der Waals surface area contributed by atoms with Crippen LogP contribution in [-0.2, 0) is 6.54 Å². The first-order valence-corrected chi connectivity index (χ1v) is 14.2. The van der Waals surface area contributed by atoms with Gasteiger partial charge in [-0.15, -0.1) is 0 Å². The molecule has 4 aromatic rings. The Bertz CT molecular complexity index is 1530. The highest BCUT2D eigenvalue weighted by Gasteiger charge is 2.37. The number of H-pyrrole nitrogens is 1. The number of hydrogen-bond acceptors (Lipinski definition) is 6. The zero-order valence-corrected chi connectivity index (χ0v) is 23.7. The Kier molecular flexibility index (Phi) is 8.44. The molecule has 214 valence electrons. The number of aromatic nitrogens is 4. The number of alkyl halides is 2. The van der Waals surface area contributed by atoms with E-state index in [1.165, 1.54) is 0 Å². The van der Waals surface area contributed by atoms with Crippen LogP contribution in [0, 0.1) is 0 Å². The molecule has 1 unspecified atom stereocenters. The van der Waals surface area contributed by atoms with Crippen LogP contribution >= 0.6 is 0 Å². The lowest BCUT2D eigenvalue weighted by Crippen LogP contribution is -2.26. The second kappa shape index (κ2) is 12.2. The Balaban J connectivity index is 1.29. The molecular weight excluding hydrogens is 520 g/mol. The SMILES string of the molecule is C=C(NC(CC)CCC)c1ccc(NC(=C)c2n[nH]c3ccc(-c4cncc(CN5CCC(F)(F)C5)c4)cc23)cn1. The van der Waals surface area contributed by atoms with Crippen LogP contribution in [0.3, 0.4) is 0 Å². The Morgan fingerprint density at radius 3 is 2.63 bits per heavy atom. The van der Waals surface area contributed by atoms with Gasteiger partial charge >= 0.3 is 0 Å². The molecule has 1 aromatic carbocycles. The highest BCUT2D eigenvalue weighted by atomic mass is 19.3. The summed E-state index contributed by atoms with van der Waals surface area (Å²) < 4.78 is 27.3. The van der Waals surface area contributed by atoms with Crippen molar-refractivity contribution in [2.45, 2.75) is 58.0 Å². The summed E-state index contributed by atoms with van der Waals surface area (Å²) in [4.78, 5) is 10.7. The number of likely N-dealkylation sites (tertiary alicyclic amines) is 1. The van der Waals surface area contributed by atoms with E-state index in [-0.39, 0.29) is 13.0 Å². The van der Waals surface area contributed by atoms with Gasteiger partial charge in [0.15, 0.2) is 0 Å². The van der Waals surface area contributed by atoms with E-state index in [0.29, 0.717) is 30.5 Å². The minimum absolute atomic E-state index is 0.0941. The van der Waals surface area contributed by atoms with Crippen LogP contribution < -0.4 is 10.6 Å². The molecule has 5 rings (SSSR count). The summed E-state index contributed by atoms with van der Waals surface area (Å²) in [7, 11) is 0. The van der Waals surface area contributed by atoms with E-state index in [2.05, 4.69) is 57.8 Å². The first-order valence-electron chi connectivity index (χ1n) is 14.2. The number of pyridine rings is 2. The molecule has 1 aliphatic rings. The van der Waals surface area contributed by atoms with Crippen LogP contribution in [0.4, 0.5) is 14.5 Å². The Morgan fingerprint density at radius 1 is 1.07 bits per heavy atom. The highest BCUT2D eigenvalue weighted by molar-refractivity contribution is 5.95. The molecular formula is C32H37F2N7. The summed E-state index contributed by atoms with van der Waals surface area (Å²) in [6, 6.07) is 12.3. The second-order valence-corrected chi connectivity index (χ2v) is 10.8. The molecule has 1 saturated heterocycles. The number of fused-ring (bicyclic) bond motifs is 1. The number of rotatable bonds is 12. The zero-order chi connectivity index (χ0) is 29.0. The Hall–Kier alpha value is -4.11. The minimum atomic E-state index is -2.61. The lowest BCUT2D eigenvalue weighted by molar-refractivity contribution is 0.0115. The van der Waals surface area contributed by atoms with Crippen molar-refractivity contribution >= 4 is 28.0 Å². The maximum absolute atomic E-state index is 13.6. The van der Waals surface area contributed by atoms with Crippen LogP contribution in [0.5, 0.6) is 0 Å². The molecule has 3 N–H and O–H groups in total. The van der Waals surface area contributed by atoms with Crippen LogP contribution in [-0.4, -0.2) is 50.1 Å². The first kappa shape index (κ1) is 28.4. The fourth-order valence-corrected chi connectivity index (χ4v) is 5.28. The average Bonchev–Trinajstić information content (AvgIpc) is 3.55. The molecule has 0 aliphatic carbocycles. The van der Waals surface area contributed by atoms with Gasteiger partial charge in [0.1, 0.15) is 5.69 Å².